The number of nitrogens with one attached hydrogen (secondary N) is 1. The van der Waals surface area contributed by atoms with Crippen LogP contribution in [-0.4, -0.2) is 25.7 Å². The molecule has 0 saturated heterocycles. The van der Waals surface area contributed by atoms with Gasteiger partial charge in [-0.05, 0) is 55.5 Å². The van der Waals surface area contributed by atoms with Gasteiger partial charge in [-0.3, -0.25) is 9.36 Å². The van der Waals surface area contributed by atoms with Crippen molar-refractivity contribution in [2.24, 2.45) is 0 Å². The monoisotopic (exact) mass is 389 g/mol. The normalized spacial score (nSPS) is 10.6. The fraction of sp³-hybridized carbons (Fsp3) is 0.0476. The van der Waals surface area contributed by atoms with Gasteiger partial charge in [0.15, 0.2) is 5.82 Å². The number of aryl methyl sites for hydroxylation is 1. The second-order valence-electron chi connectivity index (χ2n) is 6.17. The predicted molar refractivity (Wildman–Crippen MR) is 105 cm³/mol. The molecule has 0 fully saturated rings. The van der Waals surface area contributed by atoms with Crippen LogP contribution in [-0.2, 0) is 0 Å². The fourth-order valence-corrected chi connectivity index (χ4v) is 2.68. The maximum absolute atomic E-state index is 13.2. The number of carbonyl (C=O) groups excluding carboxylic acids is 1. The molecule has 0 radical (unpaired) electrons. The van der Waals surface area contributed by atoms with Crippen molar-refractivity contribution >= 4 is 11.6 Å². The van der Waals surface area contributed by atoms with Gasteiger partial charge in [-0.2, -0.15) is 0 Å². The van der Waals surface area contributed by atoms with Gasteiger partial charge in [0, 0.05) is 29.7 Å². The summed E-state index contributed by atoms with van der Waals surface area (Å²) in [5.74, 6) is 1.47. The summed E-state index contributed by atoms with van der Waals surface area (Å²) < 4.78 is 20.7. The van der Waals surface area contributed by atoms with Crippen molar-refractivity contribution in [3.05, 3.63) is 90.3 Å². The van der Waals surface area contributed by atoms with E-state index in [4.69, 9.17) is 4.74 Å². The number of rotatable bonds is 5. The van der Waals surface area contributed by atoms with E-state index in [-0.39, 0.29) is 5.56 Å². The zero-order valence-electron chi connectivity index (χ0n) is 15.4. The SMILES string of the molecule is Cc1nccn1-c1ccc(Oc2ccc(NC(=O)c3cccc(F)c3)cc2)nn1. The summed E-state index contributed by atoms with van der Waals surface area (Å²) >= 11 is 0. The number of imidazole rings is 1. The second kappa shape index (κ2) is 7.89. The molecule has 2 heterocycles. The summed E-state index contributed by atoms with van der Waals surface area (Å²) in [5, 5.41) is 10.9. The number of hydrogen-bond donors (Lipinski definition) is 1. The number of hydrogen-bond acceptors (Lipinski definition) is 5. The first-order valence-corrected chi connectivity index (χ1v) is 8.77. The van der Waals surface area contributed by atoms with E-state index < -0.39 is 11.7 Å². The molecule has 0 unspecified atom stereocenters. The third-order valence-corrected chi connectivity index (χ3v) is 4.12. The highest BCUT2D eigenvalue weighted by atomic mass is 19.1. The molecule has 0 bridgehead atoms. The maximum Gasteiger partial charge on any atom is 0.255 e. The fourth-order valence-electron chi connectivity index (χ4n) is 2.68. The molecule has 8 heteroatoms. The van der Waals surface area contributed by atoms with Crippen LogP contribution >= 0.6 is 0 Å². The first kappa shape index (κ1) is 18.3. The van der Waals surface area contributed by atoms with Crippen LogP contribution in [0.1, 0.15) is 16.2 Å². The van der Waals surface area contributed by atoms with E-state index in [1.807, 2.05) is 11.5 Å². The number of anilines is 1. The molecule has 2 aromatic carbocycles. The Morgan fingerprint density at radius 2 is 1.90 bits per heavy atom. The molecule has 4 rings (SSSR count). The second-order valence-corrected chi connectivity index (χ2v) is 6.17. The van der Waals surface area contributed by atoms with Gasteiger partial charge in [0.1, 0.15) is 17.4 Å². The van der Waals surface area contributed by atoms with Crippen LogP contribution in [0.2, 0.25) is 0 Å². The van der Waals surface area contributed by atoms with Crippen molar-refractivity contribution in [2.45, 2.75) is 6.92 Å². The summed E-state index contributed by atoms with van der Waals surface area (Å²) in [5.41, 5.74) is 0.803. The van der Waals surface area contributed by atoms with E-state index in [2.05, 4.69) is 20.5 Å². The van der Waals surface area contributed by atoms with Gasteiger partial charge < -0.3 is 10.1 Å². The number of aromatic nitrogens is 4. The predicted octanol–water partition coefficient (Wildman–Crippen LogP) is 4.15. The Hall–Kier alpha value is -4.07. The number of nitrogens with zero attached hydrogens (tertiary/aromatic N) is 4. The molecule has 1 amide bonds. The Bertz CT molecular complexity index is 1140. The zero-order valence-corrected chi connectivity index (χ0v) is 15.4. The molecular weight excluding hydrogens is 373 g/mol. The number of benzene rings is 2. The lowest BCUT2D eigenvalue weighted by Crippen LogP contribution is -2.11. The summed E-state index contributed by atoms with van der Waals surface area (Å²) in [6, 6.07) is 15.7. The highest BCUT2D eigenvalue weighted by Gasteiger charge is 2.08. The van der Waals surface area contributed by atoms with Crippen LogP contribution in [0.3, 0.4) is 0 Å². The largest absolute Gasteiger partial charge is 0.438 e. The Balaban J connectivity index is 1.40. The molecule has 0 spiro atoms. The van der Waals surface area contributed by atoms with Gasteiger partial charge in [-0.15, -0.1) is 10.2 Å². The van der Waals surface area contributed by atoms with E-state index in [0.717, 1.165) is 5.82 Å². The molecular formula is C21H16FN5O2. The van der Waals surface area contributed by atoms with Crippen molar-refractivity contribution < 1.29 is 13.9 Å². The molecule has 144 valence electrons. The van der Waals surface area contributed by atoms with Crippen LogP contribution in [0.5, 0.6) is 11.6 Å². The summed E-state index contributed by atoms with van der Waals surface area (Å²) in [7, 11) is 0. The molecule has 0 aliphatic carbocycles. The van der Waals surface area contributed by atoms with Crippen LogP contribution in [0.25, 0.3) is 5.82 Å². The quantitative estimate of drug-likeness (QED) is 0.554. The lowest BCUT2D eigenvalue weighted by Gasteiger charge is -2.08. The van der Waals surface area contributed by atoms with E-state index in [1.54, 1.807) is 54.9 Å². The minimum atomic E-state index is -0.461. The van der Waals surface area contributed by atoms with Crippen molar-refractivity contribution in [2.75, 3.05) is 5.32 Å². The molecule has 4 aromatic rings. The molecule has 0 saturated carbocycles. The minimum Gasteiger partial charge on any atom is -0.438 e. The van der Waals surface area contributed by atoms with Crippen molar-refractivity contribution in [3.8, 4) is 17.4 Å². The highest BCUT2D eigenvalue weighted by molar-refractivity contribution is 6.04. The van der Waals surface area contributed by atoms with Gasteiger partial charge in [0.2, 0.25) is 5.88 Å². The van der Waals surface area contributed by atoms with Crippen LogP contribution in [0.15, 0.2) is 73.1 Å². The molecule has 1 N–H and O–H groups in total. The van der Waals surface area contributed by atoms with E-state index in [0.29, 0.717) is 23.1 Å². The number of amides is 1. The minimum absolute atomic E-state index is 0.244. The van der Waals surface area contributed by atoms with Crippen molar-refractivity contribution in [1.82, 2.24) is 19.7 Å². The Morgan fingerprint density at radius 3 is 2.55 bits per heavy atom. The third-order valence-electron chi connectivity index (χ3n) is 4.12. The third kappa shape index (κ3) is 4.27. The molecule has 7 nitrogen and oxygen atoms in total. The molecule has 0 aliphatic rings. The first-order chi connectivity index (χ1) is 14.1. The first-order valence-electron chi connectivity index (χ1n) is 8.77. The van der Waals surface area contributed by atoms with E-state index in [9.17, 15) is 9.18 Å². The zero-order chi connectivity index (χ0) is 20.2. The van der Waals surface area contributed by atoms with Crippen molar-refractivity contribution in [1.29, 1.82) is 0 Å². The smallest absolute Gasteiger partial charge is 0.255 e. The van der Waals surface area contributed by atoms with Crippen LogP contribution in [0, 0.1) is 12.7 Å². The molecule has 0 atom stereocenters. The Morgan fingerprint density at radius 1 is 1.07 bits per heavy atom. The summed E-state index contributed by atoms with van der Waals surface area (Å²) in [6.45, 7) is 1.88. The van der Waals surface area contributed by atoms with Gasteiger partial charge in [-0.1, -0.05) is 6.07 Å². The Kier molecular flexibility index (Phi) is 4.98. The summed E-state index contributed by atoms with van der Waals surface area (Å²) in [6.07, 6.45) is 3.49. The van der Waals surface area contributed by atoms with Crippen LogP contribution in [0.4, 0.5) is 10.1 Å². The van der Waals surface area contributed by atoms with Crippen LogP contribution < -0.4 is 10.1 Å². The molecule has 2 aromatic heterocycles. The standard InChI is InChI=1S/C21H16FN5O2/c1-14-23-11-12-27(14)19-9-10-20(26-25-19)29-18-7-5-17(6-8-18)24-21(28)15-3-2-4-16(22)13-15/h2-13H,1H3,(H,24,28). The van der Waals surface area contributed by atoms with Gasteiger partial charge >= 0.3 is 0 Å². The molecule has 29 heavy (non-hydrogen) atoms. The Labute approximate surface area is 165 Å². The average Bonchev–Trinajstić information content (AvgIpc) is 3.16. The van der Waals surface area contributed by atoms with Crippen molar-refractivity contribution in [3.63, 3.8) is 0 Å². The summed E-state index contributed by atoms with van der Waals surface area (Å²) in [4.78, 5) is 16.3. The van der Waals surface area contributed by atoms with E-state index in [1.165, 1.54) is 18.2 Å². The maximum atomic E-state index is 13.2. The highest BCUT2D eigenvalue weighted by Crippen LogP contribution is 2.22. The molecule has 0 aliphatic heterocycles. The van der Waals surface area contributed by atoms with E-state index >= 15 is 0 Å². The van der Waals surface area contributed by atoms with Gasteiger partial charge in [0.25, 0.3) is 5.91 Å². The topological polar surface area (TPSA) is 81.9 Å². The van der Waals surface area contributed by atoms with Gasteiger partial charge in [-0.25, -0.2) is 9.37 Å². The lowest BCUT2D eigenvalue weighted by molar-refractivity contribution is 0.102. The van der Waals surface area contributed by atoms with Gasteiger partial charge in [0.05, 0.1) is 0 Å². The number of halogens is 1. The lowest BCUT2D eigenvalue weighted by atomic mass is 10.2. The number of ether oxygens (including phenoxy) is 1. The average molecular weight is 389 g/mol. The number of carbonyl (C=O) groups is 1.